The van der Waals surface area contributed by atoms with E-state index in [1.165, 1.54) is 12.7 Å². The fourth-order valence-corrected chi connectivity index (χ4v) is 1.75. The zero-order chi connectivity index (χ0) is 14.5. The third-order valence-corrected chi connectivity index (χ3v) is 2.96. The van der Waals surface area contributed by atoms with Crippen molar-refractivity contribution < 1.29 is 14.3 Å². The molecule has 2 aromatic carbocycles. The van der Waals surface area contributed by atoms with Crippen molar-refractivity contribution in [1.82, 2.24) is 0 Å². The molecule has 0 aliphatic heterocycles. The van der Waals surface area contributed by atoms with Crippen molar-refractivity contribution in [2.24, 2.45) is 0 Å². The summed E-state index contributed by atoms with van der Waals surface area (Å²) in [5.74, 6) is 0.0682. The van der Waals surface area contributed by atoms with Crippen LogP contribution >= 0.6 is 0 Å². The van der Waals surface area contributed by atoms with Gasteiger partial charge in [0.05, 0.1) is 18.4 Å². The van der Waals surface area contributed by atoms with Gasteiger partial charge in [0.2, 0.25) is 0 Å². The molecule has 4 heteroatoms. The van der Waals surface area contributed by atoms with Crippen LogP contribution in [0.5, 0.6) is 5.75 Å². The zero-order valence-corrected chi connectivity index (χ0v) is 11.6. The predicted octanol–water partition coefficient (Wildman–Crippen LogP) is 2.94. The van der Waals surface area contributed by atoms with Crippen LogP contribution in [0.15, 0.2) is 42.5 Å². The topological polar surface area (TPSA) is 61.5 Å². The number of aryl methyl sites for hydroxylation is 1. The molecule has 0 aliphatic carbocycles. The van der Waals surface area contributed by atoms with Crippen molar-refractivity contribution >= 4 is 11.7 Å². The number of carbonyl (C=O) groups excluding carboxylic acids is 1. The quantitative estimate of drug-likeness (QED) is 0.686. The van der Waals surface area contributed by atoms with Crippen molar-refractivity contribution in [2.45, 2.75) is 13.5 Å². The Bertz CT molecular complexity index is 606. The summed E-state index contributed by atoms with van der Waals surface area (Å²) in [5.41, 5.74) is 8.73. The second-order valence-electron chi connectivity index (χ2n) is 4.52. The van der Waals surface area contributed by atoms with Gasteiger partial charge in [0.1, 0.15) is 12.4 Å². The Kier molecular flexibility index (Phi) is 4.25. The first-order valence-electron chi connectivity index (χ1n) is 6.26. The molecular weight excluding hydrogens is 254 g/mol. The van der Waals surface area contributed by atoms with Crippen molar-refractivity contribution in [1.29, 1.82) is 0 Å². The molecule has 0 amide bonds. The summed E-state index contributed by atoms with van der Waals surface area (Å²) in [4.78, 5) is 11.9. The van der Waals surface area contributed by atoms with Crippen molar-refractivity contribution in [3.63, 3.8) is 0 Å². The highest BCUT2D eigenvalue weighted by Gasteiger charge is 2.10. The molecule has 4 nitrogen and oxygen atoms in total. The van der Waals surface area contributed by atoms with E-state index in [9.17, 15) is 4.79 Å². The number of hydrogen-bond acceptors (Lipinski definition) is 4. The van der Waals surface area contributed by atoms with E-state index in [2.05, 4.69) is 0 Å². The van der Waals surface area contributed by atoms with E-state index < -0.39 is 5.97 Å². The number of rotatable bonds is 4. The second-order valence-corrected chi connectivity index (χ2v) is 4.52. The normalized spacial score (nSPS) is 10.1. The molecule has 0 unspecified atom stereocenters. The number of benzene rings is 2. The third-order valence-electron chi connectivity index (χ3n) is 2.96. The monoisotopic (exact) mass is 271 g/mol. The molecule has 0 saturated carbocycles. The van der Waals surface area contributed by atoms with Gasteiger partial charge in [0, 0.05) is 0 Å². The van der Waals surface area contributed by atoms with Crippen LogP contribution in [-0.2, 0) is 11.3 Å². The molecule has 2 aromatic rings. The first-order valence-corrected chi connectivity index (χ1v) is 6.26. The number of anilines is 1. The maximum Gasteiger partial charge on any atom is 0.338 e. The summed E-state index contributed by atoms with van der Waals surface area (Å²) >= 11 is 0. The first-order chi connectivity index (χ1) is 9.60. The Morgan fingerprint density at radius 1 is 1.15 bits per heavy atom. The van der Waals surface area contributed by atoms with Crippen LogP contribution in [-0.4, -0.2) is 13.1 Å². The number of nitrogen functional groups attached to an aromatic ring is 1. The molecule has 0 atom stereocenters. The van der Waals surface area contributed by atoms with Gasteiger partial charge in [-0.2, -0.15) is 0 Å². The van der Waals surface area contributed by atoms with Gasteiger partial charge in [0.25, 0.3) is 0 Å². The molecule has 2 N–H and O–H groups in total. The molecular formula is C16H17NO3. The summed E-state index contributed by atoms with van der Waals surface area (Å²) in [6.07, 6.45) is 0. The summed E-state index contributed by atoms with van der Waals surface area (Å²) in [6.45, 7) is 2.25. The van der Waals surface area contributed by atoms with E-state index in [0.29, 0.717) is 17.0 Å². The van der Waals surface area contributed by atoms with Gasteiger partial charge in [-0.3, -0.25) is 0 Å². The average molecular weight is 271 g/mol. The molecule has 0 radical (unpaired) electrons. The van der Waals surface area contributed by atoms with Crippen molar-refractivity contribution in [3.8, 4) is 5.75 Å². The first kappa shape index (κ1) is 13.9. The van der Waals surface area contributed by atoms with E-state index in [0.717, 1.165) is 5.56 Å². The summed E-state index contributed by atoms with van der Waals surface area (Å²) < 4.78 is 10.3. The highest BCUT2D eigenvalue weighted by molar-refractivity contribution is 5.90. The molecule has 0 aliphatic rings. The second kappa shape index (κ2) is 6.10. The van der Waals surface area contributed by atoms with E-state index in [1.54, 1.807) is 18.2 Å². The Hall–Kier alpha value is -2.49. The van der Waals surface area contributed by atoms with Crippen LogP contribution in [0.1, 0.15) is 21.5 Å². The number of hydrogen-bond donors (Lipinski definition) is 1. The molecule has 0 aromatic heterocycles. The van der Waals surface area contributed by atoms with E-state index in [-0.39, 0.29) is 6.61 Å². The molecule has 0 heterocycles. The van der Waals surface area contributed by atoms with Gasteiger partial charge in [-0.1, -0.05) is 29.8 Å². The van der Waals surface area contributed by atoms with Gasteiger partial charge < -0.3 is 15.2 Å². The van der Waals surface area contributed by atoms with Gasteiger partial charge in [-0.25, -0.2) is 4.79 Å². The van der Waals surface area contributed by atoms with Gasteiger partial charge in [-0.15, -0.1) is 0 Å². The number of ether oxygens (including phenoxy) is 2. The molecule has 2 rings (SSSR count). The predicted molar refractivity (Wildman–Crippen MR) is 77.7 cm³/mol. The highest BCUT2D eigenvalue weighted by Crippen LogP contribution is 2.22. The lowest BCUT2D eigenvalue weighted by atomic mass is 10.1. The molecule has 104 valence electrons. The van der Waals surface area contributed by atoms with E-state index in [4.69, 9.17) is 15.2 Å². The zero-order valence-electron chi connectivity index (χ0n) is 11.6. The minimum atomic E-state index is -0.399. The van der Waals surface area contributed by atoms with E-state index >= 15 is 0 Å². The van der Waals surface area contributed by atoms with Crippen molar-refractivity contribution in [3.05, 3.63) is 59.2 Å². The van der Waals surface area contributed by atoms with E-state index in [1.807, 2.05) is 31.2 Å². The van der Waals surface area contributed by atoms with Crippen LogP contribution < -0.4 is 10.5 Å². The van der Waals surface area contributed by atoms with Crippen LogP contribution in [0.25, 0.3) is 0 Å². The summed E-state index contributed by atoms with van der Waals surface area (Å²) in [6, 6.07) is 12.7. The van der Waals surface area contributed by atoms with Crippen LogP contribution in [0.2, 0.25) is 0 Å². The Morgan fingerprint density at radius 3 is 2.50 bits per heavy atom. The SMILES string of the molecule is COc1cc(C(=O)OCc2ccc(C)cc2)ccc1N. The summed E-state index contributed by atoms with van der Waals surface area (Å²) in [5, 5.41) is 0. The lowest BCUT2D eigenvalue weighted by Gasteiger charge is -2.08. The fraction of sp³-hybridized carbons (Fsp3) is 0.188. The molecule has 20 heavy (non-hydrogen) atoms. The van der Waals surface area contributed by atoms with Gasteiger partial charge in [-0.05, 0) is 30.7 Å². The largest absolute Gasteiger partial charge is 0.495 e. The maximum absolute atomic E-state index is 11.9. The highest BCUT2D eigenvalue weighted by atomic mass is 16.5. The standard InChI is InChI=1S/C16H17NO3/c1-11-3-5-12(6-4-11)10-20-16(18)13-7-8-14(17)15(9-13)19-2/h3-9H,10,17H2,1-2H3. The number of esters is 1. The minimum Gasteiger partial charge on any atom is -0.495 e. The third kappa shape index (κ3) is 3.29. The maximum atomic E-state index is 11.9. The average Bonchev–Trinajstić information content (AvgIpc) is 2.47. The smallest absolute Gasteiger partial charge is 0.338 e. The van der Waals surface area contributed by atoms with Crippen LogP contribution in [0.4, 0.5) is 5.69 Å². The van der Waals surface area contributed by atoms with Gasteiger partial charge in [0.15, 0.2) is 0 Å². The number of nitrogens with two attached hydrogens (primary N) is 1. The van der Waals surface area contributed by atoms with Crippen molar-refractivity contribution in [2.75, 3.05) is 12.8 Å². The minimum absolute atomic E-state index is 0.242. The van der Waals surface area contributed by atoms with Crippen LogP contribution in [0, 0.1) is 6.92 Å². The number of carbonyl (C=O) groups is 1. The molecule has 0 spiro atoms. The molecule has 0 bridgehead atoms. The fourth-order valence-electron chi connectivity index (χ4n) is 1.75. The lowest BCUT2D eigenvalue weighted by molar-refractivity contribution is 0.0472. The lowest BCUT2D eigenvalue weighted by Crippen LogP contribution is -2.06. The Labute approximate surface area is 118 Å². The molecule has 0 saturated heterocycles. The Balaban J connectivity index is 2.03. The summed E-state index contributed by atoms with van der Waals surface area (Å²) in [7, 11) is 1.51. The molecule has 0 fully saturated rings. The van der Waals surface area contributed by atoms with Gasteiger partial charge >= 0.3 is 5.97 Å². The Morgan fingerprint density at radius 2 is 1.85 bits per heavy atom. The van der Waals surface area contributed by atoms with Crippen LogP contribution in [0.3, 0.4) is 0 Å². The number of methoxy groups -OCH3 is 1.